The number of nitrogens with zero attached hydrogens (tertiary/aromatic N) is 3. The summed E-state index contributed by atoms with van der Waals surface area (Å²) in [6, 6.07) is 13.9. The van der Waals surface area contributed by atoms with Crippen molar-refractivity contribution in [3.05, 3.63) is 86.0 Å². The first kappa shape index (κ1) is 33.8. The number of hydrogen-bond acceptors (Lipinski definition) is 6. The molecule has 1 aliphatic carbocycles. The minimum atomic E-state index is -0.198. The van der Waals surface area contributed by atoms with Crippen LogP contribution in [0, 0.1) is 12.8 Å². The summed E-state index contributed by atoms with van der Waals surface area (Å²) in [6.07, 6.45) is 6.04. The van der Waals surface area contributed by atoms with Gasteiger partial charge in [0.15, 0.2) is 5.75 Å². The highest BCUT2D eigenvalue weighted by molar-refractivity contribution is 6.37. The predicted octanol–water partition coefficient (Wildman–Crippen LogP) is 6.92. The van der Waals surface area contributed by atoms with Crippen molar-refractivity contribution in [1.82, 2.24) is 20.5 Å². The van der Waals surface area contributed by atoms with E-state index in [-0.39, 0.29) is 35.8 Å². The molecule has 2 unspecified atom stereocenters. The van der Waals surface area contributed by atoms with Gasteiger partial charge in [0.1, 0.15) is 11.9 Å². The Bertz CT molecular complexity index is 1580. The molecular formula is C36H42Cl3N5O3. The fourth-order valence-corrected chi connectivity index (χ4v) is 7.54. The van der Waals surface area contributed by atoms with E-state index in [1.165, 1.54) is 0 Å². The fourth-order valence-electron chi connectivity index (χ4n) is 6.67. The zero-order valence-electron chi connectivity index (χ0n) is 26.9. The average molecular weight is 699 g/mol. The number of aryl methyl sites for hydroxylation is 1. The van der Waals surface area contributed by atoms with Gasteiger partial charge in [0.05, 0.1) is 22.5 Å². The maximum atomic E-state index is 14.3. The van der Waals surface area contributed by atoms with Crippen LogP contribution >= 0.6 is 34.8 Å². The molecule has 250 valence electrons. The van der Waals surface area contributed by atoms with Gasteiger partial charge in [-0.3, -0.25) is 9.59 Å². The number of piperidine rings is 1. The van der Waals surface area contributed by atoms with Crippen LogP contribution in [-0.2, 0) is 22.7 Å². The molecule has 3 atom stereocenters. The molecule has 6 rings (SSSR count). The summed E-state index contributed by atoms with van der Waals surface area (Å²) >= 11 is 19.5. The van der Waals surface area contributed by atoms with E-state index in [4.69, 9.17) is 44.5 Å². The zero-order chi connectivity index (χ0) is 33.1. The third kappa shape index (κ3) is 8.16. The Morgan fingerprint density at radius 2 is 1.83 bits per heavy atom. The number of carbonyl (C=O) groups is 2. The van der Waals surface area contributed by atoms with Crippen molar-refractivity contribution >= 4 is 52.4 Å². The number of amides is 2. The number of ether oxygens (including phenoxy) is 1. The second-order valence-electron chi connectivity index (χ2n) is 12.9. The normalized spacial score (nSPS) is 21.0. The number of aromatic nitrogens is 1. The van der Waals surface area contributed by atoms with Gasteiger partial charge < -0.3 is 25.2 Å². The summed E-state index contributed by atoms with van der Waals surface area (Å²) in [7, 11) is 0. The van der Waals surface area contributed by atoms with Crippen LogP contribution in [0.15, 0.2) is 48.7 Å². The largest absolute Gasteiger partial charge is 0.485 e. The van der Waals surface area contributed by atoms with Crippen molar-refractivity contribution in [3.8, 4) is 5.75 Å². The molecule has 2 N–H and O–H groups in total. The van der Waals surface area contributed by atoms with Crippen LogP contribution in [0.1, 0.15) is 67.2 Å². The Balaban J connectivity index is 1.12. The SMILES string of the molecule is CCC(=O)NCc1ccc(Cl)c(CN(C(=O)C2CNCCC2c2ccc(N3CC[C@@H](Oc4c(Cl)cc(C)cc4Cl)C3)nc2)C2CC2)c1. The molecule has 3 aromatic rings. The standard InChI is InChI=1S/C36H42Cl3N5O3/c1-3-34(45)42-17-23-4-8-30(37)25(16-23)20-44(26-6-7-26)36(46)29-19-40-12-10-28(29)24-5-9-33(41-18-24)43-13-11-27(21-43)47-35-31(38)14-22(2)15-32(35)39/h4-5,8-9,14-16,18,26-29,40H,3,6-7,10-13,17,19-21H2,1-2H3,(H,42,45)/t27-,28?,29?/m1/s1. The van der Waals surface area contributed by atoms with Crippen LogP contribution in [0.4, 0.5) is 5.82 Å². The van der Waals surface area contributed by atoms with Gasteiger partial charge in [-0.05, 0) is 85.2 Å². The van der Waals surface area contributed by atoms with Gasteiger partial charge in [-0.25, -0.2) is 4.98 Å². The molecule has 11 heteroatoms. The van der Waals surface area contributed by atoms with E-state index in [1.54, 1.807) is 0 Å². The summed E-state index contributed by atoms with van der Waals surface area (Å²) < 4.78 is 6.22. The molecule has 2 saturated heterocycles. The van der Waals surface area contributed by atoms with Crippen molar-refractivity contribution in [2.45, 2.75) is 77.1 Å². The van der Waals surface area contributed by atoms with Crippen molar-refractivity contribution in [3.63, 3.8) is 0 Å². The maximum absolute atomic E-state index is 14.3. The third-order valence-electron chi connectivity index (χ3n) is 9.43. The van der Waals surface area contributed by atoms with Crippen LogP contribution in [0.25, 0.3) is 0 Å². The summed E-state index contributed by atoms with van der Waals surface area (Å²) in [5, 5.41) is 8.07. The Labute approximate surface area is 292 Å². The first-order valence-electron chi connectivity index (χ1n) is 16.6. The van der Waals surface area contributed by atoms with Gasteiger partial charge in [0.2, 0.25) is 11.8 Å². The molecule has 1 aromatic heterocycles. The van der Waals surface area contributed by atoms with Gasteiger partial charge in [-0.15, -0.1) is 0 Å². The molecule has 0 spiro atoms. The van der Waals surface area contributed by atoms with E-state index in [0.717, 1.165) is 66.8 Å². The molecule has 2 aromatic carbocycles. The van der Waals surface area contributed by atoms with Crippen molar-refractivity contribution in [2.75, 3.05) is 31.1 Å². The van der Waals surface area contributed by atoms with Crippen molar-refractivity contribution in [1.29, 1.82) is 0 Å². The molecule has 0 radical (unpaired) electrons. The third-order valence-corrected chi connectivity index (χ3v) is 10.4. The number of rotatable bonds is 11. The lowest BCUT2D eigenvalue weighted by atomic mass is 9.80. The summed E-state index contributed by atoms with van der Waals surface area (Å²) in [5.74, 6) is 1.45. The van der Waals surface area contributed by atoms with Gasteiger partial charge in [-0.1, -0.05) is 59.9 Å². The number of halogens is 3. The van der Waals surface area contributed by atoms with E-state index in [9.17, 15) is 9.59 Å². The van der Waals surface area contributed by atoms with Crippen molar-refractivity contribution < 1.29 is 14.3 Å². The van der Waals surface area contributed by atoms with Crippen LogP contribution in [0.5, 0.6) is 5.75 Å². The molecule has 2 aliphatic heterocycles. The molecule has 8 nitrogen and oxygen atoms in total. The Hall–Kier alpha value is -3.04. The molecule has 0 bridgehead atoms. The van der Waals surface area contributed by atoms with Crippen LogP contribution in [0.2, 0.25) is 15.1 Å². The molecule has 47 heavy (non-hydrogen) atoms. The molecular weight excluding hydrogens is 657 g/mol. The first-order chi connectivity index (χ1) is 22.7. The highest BCUT2D eigenvalue weighted by atomic mass is 35.5. The summed E-state index contributed by atoms with van der Waals surface area (Å²) in [5.41, 5.74) is 3.95. The number of nitrogens with one attached hydrogen (secondary N) is 2. The van der Waals surface area contributed by atoms with Gasteiger partial charge >= 0.3 is 0 Å². The van der Waals surface area contributed by atoms with Crippen molar-refractivity contribution in [2.24, 2.45) is 5.92 Å². The molecule has 2 amide bonds. The number of pyridine rings is 1. The lowest BCUT2D eigenvalue weighted by molar-refractivity contribution is -0.138. The fraction of sp³-hybridized carbons (Fsp3) is 0.472. The average Bonchev–Trinajstić information content (AvgIpc) is 3.81. The second kappa shape index (κ2) is 15.0. The van der Waals surface area contributed by atoms with Crippen LogP contribution in [0.3, 0.4) is 0 Å². The zero-order valence-corrected chi connectivity index (χ0v) is 29.2. The quantitative estimate of drug-likeness (QED) is 0.226. The summed E-state index contributed by atoms with van der Waals surface area (Å²) in [6.45, 7) is 7.66. The monoisotopic (exact) mass is 697 g/mol. The highest BCUT2D eigenvalue weighted by Gasteiger charge is 2.40. The minimum absolute atomic E-state index is 0.00197. The van der Waals surface area contributed by atoms with E-state index in [1.807, 2.05) is 55.3 Å². The smallest absolute Gasteiger partial charge is 0.228 e. The Morgan fingerprint density at radius 1 is 1.04 bits per heavy atom. The summed E-state index contributed by atoms with van der Waals surface area (Å²) in [4.78, 5) is 35.2. The second-order valence-corrected chi connectivity index (χ2v) is 14.2. The van der Waals surface area contributed by atoms with Gasteiger partial charge in [0.25, 0.3) is 0 Å². The maximum Gasteiger partial charge on any atom is 0.228 e. The lowest BCUT2D eigenvalue weighted by Crippen LogP contribution is -2.47. The topological polar surface area (TPSA) is 86.8 Å². The molecule has 3 aliphatic rings. The van der Waals surface area contributed by atoms with E-state index >= 15 is 0 Å². The predicted molar refractivity (Wildman–Crippen MR) is 188 cm³/mol. The van der Waals surface area contributed by atoms with E-state index < -0.39 is 0 Å². The Morgan fingerprint density at radius 3 is 2.53 bits per heavy atom. The van der Waals surface area contributed by atoms with E-state index in [0.29, 0.717) is 53.4 Å². The lowest BCUT2D eigenvalue weighted by Gasteiger charge is -2.36. The molecule has 3 fully saturated rings. The molecule has 1 saturated carbocycles. The Kier molecular flexibility index (Phi) is 10.8. The van der Waals surface area contributed by atoms with Crippen LogP contribution in [-0.4, -0.2) is 60.0 Å². The minimum Gasteiger partial charge on any atom is -0.485 e. The number of benzene rings is 2. The van der Waals surface area contributed by atoms with Gasteiger partial charge in [0, 0.05) is 56.3 Å². The van der Waals surface area contributed by atoms with E-state index in [2.05, 4.69) is 27.7 Å². The number of hydrogen-bond donors (Lipinski definition) is 2. The molecule has 3 heterocycles. The first-order valence-corrected chi connectivity index (χ1v) is 17.7. The number of carbonyl (C=O) groups excluding carboxylic acids is 2. The highest BCUT2D eigenvalue weighted by Crippen LogP contribution is 2.38. The number of anilines is 1. The van der Waals surface area contributed by atoms with Crippen LogP contribution < -0.4 is 20.3 Å². The van der Waals surface area contributed by atoms with Gasteiger partial charge in [-0.2, -0.15) is 0 Å².